The topological polar surface area (TPSA) is 63.6 Å². The van der Waals surface area contributed by atoms with Gasteiger partial charge in [-0.05, 0) is 36.6 Å². The van der Waals surface area contributed by atoms with E-state index in [1.54, 1.807) is 53.0 Å². The van der Waals surface area contributed by atoms with Crippen molar-refractivity contribution < 1.29 is 13.9 Å². The third kappa shape index (κ3) is 3.53. The lowest BCUT2D eigenvalue weighted by Crippen LogP contribution is -2.50. The maximum Gasteiger partial charge on any atom is 0.321 e. The van der Waals surface area contributed by atoms with Gasteiger partial charge in [0, 0.05) is 48.4 Å². The number of amides is 2. The summed E-state index contributed by atoms with van der Waals surface area (Å²) in [6.45, 7) is 1.54. The summed E-state index contributed by atoms with van der Waals surface area (Å²) in [5.74, 6) is 0.391. The van der Waals surface area contributed by atoms with Gasteiger partial charge in [0.05, 0.1) is 12.8 Å². The second-order valence-corrected chi connectivity index (χ2v) is 8.40. The van der Waals surface area contributed by atoms with Crippen molar-refractivity contribution in [3.8, 4) is 16.9 Å². The van der Waals surface area contributed by atoms with E-state index in [2.05, 4.69) is 5.32 Å². The van der Waals surface area contributed by atoms with Crippen LogP contribution < -0.4 is 15.6 Å². The average Bonchev–Trinajstić information content (AvgIpc) is 2.80. The lowest BCUT2D eigenvalue weighted by molar-refractivity contribution is 0.140. The largest absolute Gasteiger partial charge is 0.495 e. The number of urea groups is 1. The minimum absolute atomic E-state index is 0.0468. The number of nitrogens with zero attached hydrogens (tertiary/aromatic N) is 2. The van der Waals surface area contributed by atoms with Crippen LogP contribution in [0.2, 0.25) is 0 Å². The number of carbonyl (C=O) groups excluding carboxylic acids is 1. The molecule has 1 aromatic heterocycles. The fraction of sp³-hybridized carbons (Fsp3) is 0.280. The van der Waals surface area contributed by atoms with Gasteiger partial charge in [0.2, 0.25) is 0 Å². The molecule has 2 aromatic carbocycles. The van der Waals surface area contributed by atoms with Crippen molar-refractivity contribution in [1.29, 1.82) is 0 Å². The van der Waals surface area contributed by atoms with E-state index in [1.165, 1.54) is 12.1 Å². The van der Waals surface area contributed by atoms with E-state index in [4.69, 9.17) is 4.74 Å². The zero-order valence-electron chi connectivity index (χ0n) is 17.8. The Labute approximate surface area is 185 Å². The molecule has 7 heteroatoms. The van der Waals surface area contributed by atoms with E-state index >= 15 is 0 Å². The fourth-order valence-electron chi connectivity index (χ4n) is 5.03. The number of hydrogen-bond donors (Lipinski definition) is 1. The Morgan fingerprint density at radius 1 is 1.00 bits per heavy atom. The third-order valence-corrected chi connectivity index (χ3v) is 6.39. The lowest BCUT2D eigenvalue weighted by atomic mass is 9.80. The number of hydrogen-bond acceptors (Lipinski definition) is 3. The molecule has 0 saturated carbocycles. The highest BCUT2D eigenvalue weighted by molar-refractivity contribution is 5.91. The number of carbonyl (C=O) groups is 1. The van der Waals surface area contributed by atoms with Crippen LogP contribution in [-0.2, 0) is 6.54 Å². The van der Waals surface area contributed by atoms with E-state index < -0.39 is 0 Å². The molecule has 2 amide bonds. The van der Waals surface area contributed by atoms with Crippen molar-refractivity contribution in [2.45, 2.75) is 18.9 Å². The quantitative estimate of drug-likeness (QED) is 0.669. The average molecular weight is 433 g/mol. The lowest BCUT2D eigenvalue weighted by Gasteiger charge is -2.43. The van der Waals surface area contributed by atoms with Crippen LogP contribution in [0.15, 0.2) is 65.5 Å². The van der Waals surface area contributed by atoms with Gasteiger partial charge in [-0.15, -0.1) is 0 Å². The number of benzene rings is 2. The zero-order chi connectivity index (χ0) is 22.2. The van der Waals surface area contributed by atoms with Crippen LogP contribution in [0.1, 0.15) is 18.0 Å². The summed E-state index contributed by atoms with van der Waals surface area (Å²) < 4.78 is 21.7. The Morgan fingerprint density at radius 2 is 1.78 bits per heavy atom. The molecule has 0 aliphatic carbocycles. The Balaban J connectivity index is 1.48. The van der Waals surface area contributed by atoms with E-state index in [-0.39, 0.29) is 29.2 Å². The number of piperidine rings is 1. The molecule has 1 fully saturated rings. The minimum atomic E-state index is -0.322. The fourth-order valence-corrected chi connectivity index (χ4v) is 5.03. The first-order chi connectivity index (χ1) is 15.5. The van der Waals surface area contributed by atoms with Crippen LogP contribution in [0.5, 0.6) is 5.75 Å². The molecule has 5 rings (SSSR count). The molecule has 3 aromatic rings. The molecule has 1 saturated heterocycles. The monoisotopic (exact) mass is 433 g/mol. The number of aromatic nitrogens is 1. The molecule has 2 aliphatic rings. The summed E-state index contributed by atoms with van der Waals surface area (Å²) >= 11 is 0. The van der Waals surface area contributed by atoms with Gasteiger partial charge in [-0.1, -0.05) is 30.3 Å². The molecule has 2 bridgehead atoms. The van der Waals surface area contributed by atoms with Crippen molar-refractivity contribution >= 4 is 11.7 Å². The molecule has 0 unspecified atom stereocenters. The number of likely N-dealkylation sites (tertiary alicyclic amines) is 1. The molecule has 164 valence electrons. The molecule has 0 spiro atoms. The Hall–Kier alpha value is -3.61. The van der Waals surface area contributed by atoms with Crippen LogP contribution in [0, 0.1) is 11.7 Å². The maximum absolute atomic E-state index is 14.6. The zero-order valence-corrected chi connectivity index (χ0v) is 17.8. The number of anilines is 1. The molecule has 3 heterocycles. The molecule has 0 radical (unpaired) electrons. The van der Waals surface area contributed by atoms with Gasteiger partial charge in [-0.2, -0.15) is 0 Å². The predicted molar refractivity (Wildman–Crippen MR) is 121 cm³/mol. The molecule has 1 N–H and O–H groups in total. The Kier molecular flexibility index (Phi) is 5.17. The highest BCUT2D eigenvalue weighted by Gasteiger charge is 2.38. The van der Waals surface area contributed by atoms with Gasteiger partial charge >= 0.3 is 6.03 Å². The van der Waals surface area contributed by atoms with Crippen molar-refractivity contribution in [1.82, 2.24) is 9.47 Å². The molecule has 2 atom stereocenters. The van der Waals surface area contributed by atoms with Crippen LogP contribution in [0.25, 0.3) is 11.1 Å². The van der Waals surface area contributed by atoms with Crippen LogP contribution >= 0.6 is 0 Å². The minimum Gasteiger partial charge on any atom is -0.495 e. The first-order valence-electron chi connectivity index (χ1n) is 10.7. The second kappa shape index (κ2) is 8.15. The highest BCUT2D eigenvalue weighted by Crippen LogP contribution is 2.40. The van der Waals surface area contributed by atoms with E-state index in [9.17, 15) is 14.0 Å². The SMILES string of the molecule is COc1ccccc1NC(=O)N1C[C@H]2C[C@H](C1)c1c(-c3ccccc3F)ccc(=O)n1C2. The van der Waals surface area contributed by atoms with Gasteiger partial charge in [-0.3, -0.25) is 4.79 Å². The number of pyridine rings is 1. The van der Waals surface area contributed by atoms with Gasteiger partial charge in [0.1, 0.15) is 11.6 Å². The third-order valence-electron chi connectivity index (χ3n) is 6.39. The van der Waals surface area contributed by atoms with Crippen LogP contribution in [-0.4, -0.2) is 35.7 Å². The van der Waals surface area contributed by atoms with E-state index in [0.29, 0.717) is 36.6 Å². The number of fused-ring (bicyclic) bond motifs is 4. The van der Waals surface area contributed by atoms with E-state index in [1.807, 2.05) is 12.1 Å². The van der Waals surface area contributed by atoms with Crippen LogP contribution in [0.4, 0.5) is 14.9 Å². The first kappa shape index (κ1) is 20.3. The maximum atomic E-state index is 14.6. The molecule has 32 heavy (non-hydrogen) atoms. The molecule has 2 aliphatic heterocycles. The normalized spacial score (nSPS) is 19.2. The number of methoxy groups -OCH3 is 1. The number of ether oxygens (including phenoxy) is 1. The summed E-state index contributed by atoms with van der Waals surface area (Å²) in [5, 5.41) is 2.94. The highest BCUT2D eigenvalue weighted by atomic mass is 19.1. The summed E-state index contributed by atoms with van der Waals surface area (Å²) in [6.07, 6.45) is 0.864. The van der Waals surface area contributed by atoms with Crippen molar-refractivity contribution in [3.63, 3.8) is 0 Å². The Morgan fingerprint density at radius 3 is 2.59 bits per heavy atom. The second-order valence-electron chi connectivity index (χ2n) is 8.40. The summed E-state index contributed by atoms with van der Waals surface area (Å²) in [6, 6.07) is 16.9. The van der Waals surface area contributed by atoms with E-state index in [0.717, 1.165) is 17.7 Å². The van der Waals surface area contributed by atoms with Crippen LogP contribution in [0.3, 0.4) is 0 Å². The smallest absolute Gasteiger partial charge is 0.321 e. The van der Waals surface area contributed by atoms with Gasteiger partial charge in [0.15, 0.2) is 0 Å². The standard InChI is InChI=1S/C25H24FN3O3/c1-32-22-9-5-4-8-21(22)27-25(31)28-13-16-12-17(15-28)24-19(10-11-23(30)29(24)14-16)18-6-2-3-7-20(18)26/h2-11,16-17H,12-15H2,1H3,(H,27,31)/t16-,17-/m1/s1. The summed E-state index contributed by atoms with van der Waals surface area (Å²) in [5.41, 5.74) is 2.54. The predicted octanol–water partition coefficient (Wildman–Crippen LogP) is 4.31. The molecular formula is C25H24FN3O3. The number of nitrogens with one attached hydrogen (secondary N) is 1. The van der Waals surface area contributed by atoms with Crippen molar-refractivity contribution in [2.75, 3.05) is 25.5 Å². The first-order valence-corrected chi connectivity index (χ1v) is 10.7. The van der Waals surface area contributed by atoms with Gasteiger partial charge < -0.3 is 19.5 Å². The molecular weight excluding hydrogens is 409 g/mol. The number of rotatable bonds is 3. The number of para-hydroxylation sites is 2. The molecule has 6 nitrogen and oxygen atoms in total. The van der Waals surface area contributed by atoms with Gasteiger partial charge in [0.25, 0.3) is 5.56 Å². The van der Waals surface area contributed by atoms with Crippen molar-refractivity contribution in [3.05, 3.63) is 82.5 Å². The summed E-state index contributed by atoms with van der Waals surface area (Å²) in [7, 11) is 1.56. The van der Waals surface area contributed by atoms with Gasteiger partial charge in [-0.25, -0.2) is 9.18 Å². The van der Waals surface area contributed by atoms with Crippen molar-refractivity contribution in [2.24, 2.45) is 5.92 Å². The summed E-state index contributed by atoms with van der Waals surface area (Å²) in [4.78, 5) is 27.5. The number of halogens is 1. The Bertz CT molecular complexity index is 1240.